The molecule has 0 aliphatic carbocycles. The third kappa shape index (κ3) is 7.11. The number of thioether (sulfide) groups is 1. The minimum atomic E-state index is -3.50. The fraction of sp³-hybridized carbons (Fsp3) is 0.259. The molecule has 0 spiro atoms. The van der Waals surface area contributed by atoms with Gasteiger partial charge in [-0.25, -0.2) is 8.42 Å². The van der Waals surface area contributed by atoms with E-state index in [2.05, 4.69) is 15.2 Å². The van der Waals surface area contributed by atoms with Crippen molar-refractivity contribution in [3.05, 3.63) is 90.3 Å². The summed E-state index contributed by atoms with van der Waals surface area (Å²) in [6, 6.07) is 21.5. The van der Waals surface area contributed by atoms with Crippen LogP contribution in [0.4, 0.5) is 0 Å². The van der Waals surface area contributed by atoms with Crippen molar-refractivity contribution in [3.63, 3.8) is 0 Å². The molecule has 7 nitrogen and oxygen atoms in total. The van der Waals surface area contributed by atoms with E-state index in [0.29, 0.717) is 17.4 Å². The molecule has 0 aliphatic rings. The van der Waals surface area contributed by atoms with Gasteiger partial charge in [-0.05, 0) is 36.8 Å². The van der Waals surface area contributed by atoms with E-state index in [4.69, 9.17) is 0 Å². The third-order valence-corrected chi connectivity index (χ3v) is 7.87. The summed E-state index contributed by atoms with van der Waals surface area (Å²) >= 11 is 1.36. The van der Waals surface area contributed by atoms with Crippen molar-refractivity contribution in [2.45, 2.75) is 49.5 Å². The van der Waals surface area contributed by atoms with E-state index in [-0.39, 0.29) is 28.6 Å². The number of benzene rings is 2. The number of nitrogens with zero attached hydrogens (tertiary/aromatic N) is 4. The van der Waals surface area contributed by atoms with Crippen LogP contribution in [-0.2, 0) is 33.4 Å². The van der Waals surface area contributed by atoms with Gasteiger partial charge in [-0.15, -0.1) is 10.2 Å². The topological polar surface area (TPSA) is 94.8 Å². The Labute approximate surface area is 216 Å². The summed E-state index contributed by atoms with van der Waals surface area (Å²) in [5, 5.41) is 9.27. The van der Waals surface area contributed by atoms with Crippen molar-refractivity contribution < 1.29 is 13.2 Å². The summed E-state index contributed by atoms with van der Waals surface area (Å²) in [7, 11) is -3.50. The molecule has 0 unspecified atom stereocenters. The lowest BCUT2D eigenvalue weighted by Gasteiger charge is -2.08. The first-order chi connectivity index (χ1) is 17.5. The van der Waals surface area contributed by atoms with Crippen molar-refractivity contribution in [2.75, 3.05) is 5.75 Å². The summed E-state index contributed by atoms with van der Waals surface area (Å²) in [4.78, 5) is 16.9. The molecule has 0 saturated heterocycles. The molecule has 4 rings (SSSR count). The molecule has 9 heteroatoms. The summed E-state index contributed by atoms with van der Waals surface area (Å²) in [5.41, 5.74) is 2.24. The highest BCUT2D eigenvalue weighted by Crippen LogP contribution is 2.24. The fourth-order valence-corrected chi connectivity index (χ4v) is 5.62. The maximum atomic E-state index is 12.6. The number of hydrogen-bond acceptors (Lipinski definition) is 7. The van der Waals surface area contributed by atoms with Crippen LogP contribution in [0.3, 0.4) is 0 Å². The lowest BCUT2D eigenvalue weighted by atomic mass is 10.1. The molecule has 0 fully saturated rings. The number of Topliss-reactive ketones (excluding diaryl/α,β-unsaturated/α-hetero) is 1. The van der Waals surface area contributed by atoms with Crippen LogP contribution in [0.5, 0.6) is 0 Å². The molecule has 36 heavy (non-hydrogen) atoms. The molecule has 0 aliphatic heterocycles. The van der Waals surface area contributed by atoms with Crippen LogP contribution in [0, 0.1) is 0 Å². The second kappa shape index (κ2) is 13.1. The van der Waals surface area contributed by atoms with E-state index >= 15 is 0 Å². The van der Waals surface area contributed by atoms with Gasteiger partial charge in [0.1, 0.15) is 5.78 Å². The molecule has 0 amide bonds. The second-order valence-electron chi connectivity index (χ2n) is 7.64. The maximum Gasteiger partial charge on any atom is 0.191 e. The van der Waals surface area contributed by atoms with E-state index in [1.165, 1.54) is 11.8 Å². The molecule has 0 bridgehead atoms. The minimum absolute atomic E-state index is 0.0287. The van der Waals surface area contributed by atoms with Gasteiger partial charge >= 0.3 is 0 Å². The van der Waals surface area contributed by atoms with E-state index < -0.39 is 9.84 Å². The van der Waals surface area contributed by atoms with Gasteiger partial charge in [-0.2, -0.15) is 0 Å². The average Bonchev–Trinajstić information content (AvgIpc) is 3.33. The highest BCUT2D eigenvalue weighted by Gasteiger charge is 2.17. The first kappa shape index (κ1) is 27.3. The Morgan fingerprint density at radius 3 is 2.25 bits per heavy atom. The highest BCUT2D eigenvalue weighted by molar-refractivity contribution is 7.99. The molecule has 0 saturated carbocycles. The van der Waals surface area contributed by atoms with Crippen LogP contribution in [0.1, 0.15) is 32.0 Å². The highest BCUT2D eigenvalue weighted by atomic mass is 32.2. The van der Waals surface area contributed by atoms with Gasteiger partial charge in [0.05, 0.1) is 22.1 Å². The van der Waals surface area contributed by atoms with Crippen LogP contribution in [0.15, 0.2) is 89.0 Å². The number of pyridine rings is 1. The SMILES string of the molecule is CC.CCn1c(SCC(=O)Cc2ccc(S(=O)(=O)Cc3ccccn3)cc2)nnc1-c1ccccc1. The number of aromatic nitrogens is 4. The molecule has 2 heterocycles. The predicted octanol–water partition coefficient (Wildman–Crippen LogP) is 5.26. The zero-order valence-electron chi connectivity index (χ0n) is 20.7. The monoisotopic (exact) mass is 522 g/mol. The van der Waals surface area contributed by atoms with Crippen molar-refractivity contribution >= 4 is 27.4 Å². The lowest BCUT2D eigenvalue weighted by molar-refractivity contribution is -0.116. The summed E-state index contributed by atoms with van der Waals surface area (Å²) in [6.07, 6.45) is 1.79. The summed E-state index contributed by atoms with van der Waals surface area (Å²) in [6.45, 7) is 6.72. The zero-order valence-corrected chi connectivity index (χ0v) is 22.3. The summed E-state index contributed by atoms with van der Waals surface area (Å²) < 4.78 is 27.3. The van der Waals surface area contributed by atoms with Gasteiger partial charge in [0.25, 0.3) is 0 Å². The molecule has 0 N–H and O–H groups in total. The van der Waals surface area contributed by atoms with Crippen LogP contribution >= 0.6 is 11.8 Å². The van der Waals surface area contributed by atoms with Gasteiger partial charge in [0.15, 0.2) is 20.8 Å². The van der Waals surface area contributed by atoms with E-state index in [1.54, 1.807) is 48.7 Å². The third-order valence-electron chi connectivity index (χ3n) is 5.18. The van der Waals surface area contributed by atoms with Gasteiger partial charge in [-0.1, -0.05) is 74.1 Å². The van der Waals surface area contributed by atoms with Crippen LogP contribution in [0.25, 0.3) is 11.4 Å². The molecule has 2 aromatic carbocycles. The molecular formula is C27H30N4O3S2. The van der Waals surface area contributed by atoms with Crippen molar-refractivity contribution in [2.24, 2.45) is 0 Å². The Morgan fingerprint density at radius 1 is 0.917 bits per heavy atom. The van der Waals surface area contributed by atoms with Crippen molar-refractivity contribution in [3.8, 4) is 11.4 Å². The van der Waals surface area contributed by atoms with Gasteiger partial charge in [0.2, 0.25) is 0 Å². The Hall–Kier alpha value is -3.30. The average molecular weight is 523 g/mol. The number of rotatable bonds is 10. The standard InChI is InChI=1S/C25H24N4O3S2.C2H6/c1-2-29-24(20-8-4-3-5-9-20)27-28-25(29)33-17-22(30)16-19-11-13-23(14-12-19)34(31,32)18-21-10-6-7-15-26-21;1-2/h3-15H,2,16-18H2,1H3;1-2H3. The molecule has 4 aromatic rings. The first-order valence-electron chi connectivity index (χ1n) is 11.8. The zero-order chi connectivity index (χ0) is 26.0. The van der Waals surface area contributed by atoms with E-state index in [1.807, 2.05) is 55.7 Å². The van der Waals surface area contributed by atoms with Crippen LogP contribution in [-0.4, -0.2) is 39.7 Å². The number of hydrogen-bond donors (Lipinski definition) is 0. The quantitative estimate of drug-likeness (QED) is 0.262. The summed E-state index contributed by atoms with van der Waals surface area (Å²) in [5.74, 6) is 0.903. The van der Waals surface area contributed by atoms with Crippen molar-refractivity contribution in [1.29, 1.82) is 0 Å². The molecule has 2 aromatic heterocycles. The Balaban J connectivity index is 0.00000176. The maximum absolute atomic E-state index is 12.6. The normalized spacial score (nSPS) is 11.0. The number of sulfone groups is 1. The Bertz CT molecular complexity index is 1360. The number of ketones is 1. The smallest absolute Gasteiger partial charge is 0.191 e. The van der Waals surface area contributed by atoms with Gasteiger partial charge in [0, 0.05) is 24.7 Å². The molecular weight excluding hydrogens is 492 g/mol. The van der Waals surface area contributed by atoms with Gasteiger partial charge in [-0.3, -0.25) is 9.78 Å². The van der Waals surface area contributed by atoms with Crippen LogP contribution < -0.4 is 0 Å². The second-order valence-corrected chi connectivity index (χ2v) is 10.6. The van der Waals surface area contributed by atoms with Crippen molar-refractivity contribution in [1.82, 2.24) is 19.7 Å². The molecule has 188 valence electrons. The molecule has 0 atom stereocenters. The number of carbonyl (C=O) groups is 1. The number of carbonyl (C=O) groups excluding carboxylic acids is 1. The Morgan fingerprint density at radius 2 is 1.61 bits per heavy atom. The largest absolute Gasteiger partial charge is 0.302 e. The van der Waals surface area contributed by atoms with E-state index in [9.17, 15) is 13.2 Å². The molecule has 0 radical (unpaired) electrons. The lowest BCUT2D eigenvalue weighted by Crippen LogP contribution is -2.09. The fourth-order valence-electron chi connectivity index (χ4n) is 3.48. The van der Waals surface area contributed by atoms with Gasteiger partial charge < -0.3 is 4.57 Å². The predicted molar refractivity (Wildman–Crippen MR) is 143 cm³/mol. The Kier molecular flexibility index (Phi) is 9.95. The van der Waals surface area contributed by atoms with Crippen LogP contribution in [0.2, 0.25) is 0 Å². The minimum Gasteiger partial charge on any atom is -0.302 e. The first-order valence-corrected chi connectivity index (χ1v) is 14.4. The van der Waals surface area contributed by atoms with E-state index in [0.717, 1.165) is 17.0 Å².